The summed E-state index contributed by atoms with van der Waals surface area (Å²) in [7, 11) is 0. The van der Waals surface area contributed by atoms with Gasteiger partial charge in [0.15, 0.2) is 0 Å². The molecule has 0 bridgehead atoms. The standard InChI is InChI=1S/C14H20N2O3/c1-9(2)13(15)14(19)16-11(8-17)6-10-4-3-5-12(18)7-10/h3-5,7-9,11,13,18H,6,15H2,1-2H3,(H,16,19). The van der Waals surface area contributed by atoms with Crippen molar-refractivity contribution in [3.05, 3.63) is 29.8 Å². The highest BCUT2D eigenvalue weighted by atomic mass is 16.3. The van der Waals surface area contributed by atoms with Gasteiger partial charge >= 0.3 is 0 Å². The molecule has 0 spiro atoms. The molecule has 0 saturated heterocycles. The predicted molar refractivity (Wildman–Crippen MR) is 72.6 cm³/mol. The van der Waals surface area contributed by atoms with E-state index < -0.39 is 12.1 Å². The third kappa shape index (κ3) is 4.71. The fourth-order valence-electron chi connectivity index (χ4n) is 1.65. The van der Waals surface area contributed by atoms with Gasteiger partial charge in [0.05, 0.1) is 12.1 Å². The lowest BCUT2D eigenvalue weighted by Gasteiger charge is -2.19. The zero-order valence-corrected chi connectivity index (χ0v) is 11.2. The number of amides is 1. The van der Waals surface area contributed by atoms with E-state index in [4.69, 9.17) is 5.73 Å². The van der Waals surface area contributed by atoms with Crippen LogP contribution in [-0.4, -0.2) is 29.4 Å². The Bertz CT molecular complexity index is 446. The number of nitrogens with one attached hydrogen (secondary N) is 1. The third-order valence-electron chi connectivity index (χ3n) is 2.88. The molecule has 1 rings (SSSR count). The molecular formula is C14H20N2O3. The zero-order valence-electron chi connectivity index (χ0n) is 11.2. The second-order valence-corrected chi connectivity index (χ2v) is 4.89. The Morgan fingerprint density at radius 2 is 2.16 bits per heavy atom. The van der Waals surface area contributed by atoms with E-state index in [0.717, 1.165) is 5.56 Å². The van der Waals surface area contributed by atoms with E-state index in [-0.39, 0.29) is 17.6 Å². The summed E-state index contributed by atoms with van der Waals surface area (Å²) in [5.74, 6) is -0.201. The van der Waals surface area contributed by atoms with E-state index in [1.807, 2.05) is 13.8 Å². The first kappa shape index (κ1) is 15.2. The average Bonchev–Trinajstić information content (AvgIpc) is 2.36. The second-order valence-electron chi connectivity index (χ2n) is 4.89. The first-order valence-corrected chi connectivity index (χ1v) is 6.23. The molecule has 0 aromatic heterocycles. The van der Waals surface area contributed by atoms with Crippen molar-refractivity contribution in [1.82, 2.24) is 5.32 Å². The van der Waals surface area contributed by atoms with Crippen LogP contribution in [0, 0.1) is 5.92 Å². The van der Waals surface area contributed by atoms with Crippen LogP contribution in [0.5, 0.6) is 5.75 Å². The number of nitrogens with two attached hydrogens (primary N) is 1. The number of phenolic OH excluding ortho intramolecular Hbond substituents is 1. The van der Waals surface area contributed by atoms with Crippen molar-refractivity contribution in [2.45, 2.75) is 32.4 Å². The highest BCUT2D eigenvalue weighted by Crippen LogP contribution is 2.12. The summed E-state index contributed by atoms with van der Waals surface area (Å²) in [4.78, 5) is 22.8. The highest BCUT2D eigenvalue weighted by Gasteiger charge is 2.20. The molecule has 0 aliphatic rings. The number of hydrogen-bond donors (Lipinski definition) is 3. The van der Waals surface area contributed by atoms with Gasteiger partial charge in [-0.3, -0.25) is 4.79 Å². The summed E-state index contributed by atoms with van der Waals surface area (Å²) >= 11 is 0. The SMILES string of the molecule is CC(C)C(N)C(=O)NC(C=O)Cc1cccc(O)c1. The minimum Gasteiger partial charge on any atom is -0.508 e. The van der Waals surface area contributed by atoms with Crippen LogP contribution in [0.1, 0.15) is 19.4 Å². The molecule has 5 nitrogen and oxygen atoms in total. The van der Waals surface area contributed by atoms with Gasteiger partial charge in [-0.25, -0.2) is 0 Å². The number of phenols is 1. The van der Waals surface area contributed by atoms with Gasteiger partial charge in [-0.2, -0.15) is 0 Å². The van der Waals surface area contributed by atoms with Crippen LogP contribution < -0.4 is 11.1 Å². The maximum absolute atomic E-state index is 11.8. The fraction of sp³-hybridized carbons (Fsp3) is 0.429. The summed E-state index contributed by atoms with van der Waals surface area (Å²) in [5, 5.41) is 11.9. The normalized spacial score (nSPS) is 13.9. The van der Waals surface area contributed by atoms with Gasteiger partial charge in [0.1, 0.15) is 12.0 Å². The largest absolute Gasteiger partial charge is 0.508 e. The highest BCUT2D eigenvalue weighted by molar-refractivity contribution is 5.84. The van der Waals surface area contributed by atoms with Crippen LogP contribution in [0.25, 0.3) is 0 Å². The van der Waals surface area contributed by atoms with Crippen molar-refractivity contribution < 1.29 is 14.7 Å². The Morgan fingerprint density at radius 1 is 1.47 bits per heavy atom. The molecule has 19 heavy (non-hydrogen) atoms. The molecule has 1 amide bonds. The second kappa shape index (κ2) is 6.89. The van der Waals surface area contributed by atoms with E-state index in [1.54, 1.807) is 24.3 Å². The van der Waals surface area contributed by atoms with Crippen molar-refractivity contribution in [1.29, 1.82) is 0 Å². The molecule has 4 N–H and O–H groups in total. The van der Waals surface area contributed by atoms with Crippen molar-refractivity contribution in [2.75, 3.05) is 0 Å². The Morgan fingerprint density at radius 3 is 2.68 bits per heavy atom. The molecule has 104 valence electrons. The van der Waals surface area contributed by atoms with Gasteiger partial charge in [-0.05, 0) is 30.0 Å². The van der Waals surface area contributed by atoms with Crippen molar-refractivity contribution >= 4 is 12.2 Å². The van der Waals surface area contributed by atoms with Gasteiger partial charge in [0.25, 0.3) is 0 Å². The first-order chi connectivity index (χ1) is 8.93. The number of carbonyl (C=O) groups is 2. The van der Waals surface area contributed by atoms with Crippen LogP contribution in [0.2, 0.25) is 0 Å². The number of rotatable bonds is 6. The monoisotopic (exact) mass is 264 g/mol. The molecule has 0 aliphatic carbocycles. The van der Waals surface area contributed by atoms with Crippen molar-refractivity contribution in [3.63, 3.8) is 0 Å². The molecule has 0 aliphatic heterocycles. The van der Waals surface area contributed by atoms with Gasteiger partial charge in [-0.15, -0.1) is 0 Å². The maximum atomic E-state index is 11.8. The van der Waals surface area contributed by atoms with Gasteiger partial charge in [0, 0.05) is 0 Å². The lowest BCUT2D eigenvalue weighted by Crippen LogP contribution is -2.49. The molecule has 0 saturated carbocycles. The predicted octanol–water partition coefficient (Wildman–Crippen LogP) is 0.602. The minimum atomic E-state index is -0.640. The molecular weight excluding hydrogens is 244 g/mol. The lowest BCUT2D eigenvalue weighted by atomic mass is 10.0. The number of carbonyl (C=O) groups excluding carboxylic acids is 2. The lowest BCUT2D eigenvalue weighted by molar-refractivity contribution is -0.125. The molecule has 5 heteroatoms. The van der Waals surface area contributed by atoms with E-state index in [1.165, 1.54) is 0 Å². The van der Waals surface area contributed by atoms with Crippen LogP contribution in [-0.2, 0) is 16.0 Å². The molecule has 1 aromatic rings. The maximum Gasteiger partial charge on any atom is 0.237 e. The molecule has 0 fully saturated rings. The van der Waals surface area contributed by atoms with E-state index in [0.29, 0.717) is 12.7 Å². The van der Waals surface area contributed by atoms with Gasteiger partial charge in [0.2, 0.25) is 5.91 Å². The topological polar surface area (TPSA) is 92.4 Å². The Kier molecular flexibility index (Phi) is 5.51. The van der Waals surface area contributed by atoms with E-state index in [2.05, 4.69) is 5.32 Å². The van der Waals surface area contributed by atoms with Crippen LogP contribution in [0.4, 0.5) is 0 Å². The zero-order chi connectivity index (χ0) is 14.4. The van der Waals surface area contributed by atoms with Crippen molar-refractivity contribution in [2.24, 2.45) is 11.7 Å². The molecule has 2 unspecified atom stereocenters. The third-order valence-corrected chi connectivity index (χ3v) is 2.88. The Balaban J connectivity index is 2.64. The van der Waals surface area contributed by atoms with Gasteiger partial charge in [-0.1, -0.05) is 26.0 Å². The Labute approximate surface area is 112 Å². The van der Waals surface area contributed by atoms with E-state index >= 15 is 0 Å². The smallest absolute Gasteiger partial charge is 0.237 e. The summed E-state index contributed by atoms with van der Waals surface area (Å²) in [5.41, 5.74) is 6.49. The number of aldehydes is 1. The molecule has 0 heterocycles. The van der Waals surface area contributed by atoms with E-state index in [9.17, 15) is 14.7 Å². The first-order valence-electron chi connectivity index (χ1n) is 6.23. The molecule has 1 aromatic carbocycles. The fourth-order valence-corrected chi connectivity index (χ4v) is 1.65. The Hall–Kier alpha value is -1.88. The number of aromatic hydroxyl groups is 1. The number of hydrogen-bond acceptors (Lipinski definition) is 4. The minimum absolute atomic E-state index is 0.00747. The summed E-state index contributed by atoms with van der Waals surface area (Å²) < 4.78 is 0. The van der Waals surface area contributed by atoms with Crippen LogP contribution >= 0.6 is 0 Å². The summed E-state index contributed by atoms with van der Waals surface area (Å²) in [6.07, 6.45) is 1.00. The average molecular weight is 264 g/mol. The quantitative estimate of drug-likeness (QED) is 0.656. The van der Waals surface area contributed by atoms with Crippen LogP contribution in [0.3, 0.4) is 0 Å². The summed E-state index contributed by atoms with van der Waals surface area (Å²) in [6, 6.07) is 5.31. The van der Waals surface area contributed by atoms with Crippen LogP contribution in [0.15, 0.2) is 24.3 Å². The molecule has 2 atom stereocenters. The number of benzene rings is 1. The summed E-state index contributed by atoms with van der Waals surface area (Å²) in [6.45, 7) is 3.69. The van der Waals surface area contributed by atoms with Crippen molar-refractivity contribution in [3.8, 4) is 5.75 Å². The van der Waals surface area contributed by atoms with Gasteiger partial charge < -0.3 is 21.0 Å². The molecule has 0 radical (unpaired) electrons.